The van der Waals surface area contributed by atoms with Gasteiger partial charge in [-0.2, -0.15) is 0 Å². The van der Waals surface area contributed by atoms with E-state index in [4.69, 9.17) is 15.9 Å². The van der Waals surface area contributed by atoms with Gasteiger partial charge in [-0.25, -0.2) is 4.98 Å². The highest BCUT2D eigenvalue weighted by atomic mass is 79.9. The summed E-state index contributed by atoms with van der Waals surface area (Å²) in [6.45, 7) is 2.00. The number of benzene rings is 1. The molecule has 21 heavy (non-hydrogen) atoms. The minimum atomic E-state index is -0.0129. The smallest absolute Gasteiger partial charge is 0.230 e. The first-order chi connectivity index (χ1) is 10.0. The fraction of sp³-hybridized carbons (Fsp3) is 0.250. The fourth-order valence-corrected chi connectivity index (χ4v) is 2.76. The van der Waals surface area contributed by atoms with Gasteiger partial charge in [0.15, 0.2) is 0 Å². The van der Waals surface area contributed by atoms with Gasteiger partial charge in [-0.05, 0) is 61.6 Å². The predicted octanol–water partition coefficient (Wildman–Crippen LogP) is 3.72. The number of halogens is 1. The summed E-state index contributed by atoms with van der Waals surface area (Å²) >= 11 is 3.47. The summed E-state index contributed by atoms with van der Waals surface area (Å²) in [5, 5.41) is 7.73. The summed E-state index contributed by atoms with van der Waals surface area (Å²) in [5.41, 5.74) is 9.56. The number of amidine groups is 1. The van der Waals surface area contributed by atoms with E-state index in [2.05, 4.69) is 20.9 Å². The molecule has 1 heterocycles. The molecule has 0 aliphatic heterocycles. The second-order valence-electron chi connectivity index (χ2n) is 5.23. The lowest BCUT2D eigenvalue weighted by molar-refractivity contribution is 0.459. The molecule has 1 aromatic carbocycles. The maximum Gasteiger partial charge on any atom is 0.230 e. The summed E-state index contributed by atoms with van der Waals surface area (Å²) in [5.74, 6) is 1.11. The molecule has 0 radical (unpaired) electrons. The molecule has 0 fully saturated rings. The van der Waals surface area contributed by atoms with Crippen LogP contribution in [0.3, 0.4) is 0 Å². The third-order valence-electron chi connectivity index (χ3n) is 3.65. The number of fused-ring (bicyclic) bond motifs is 1. The van der Waals surface area contributed by atoms with Gasteiger partial charge in [-0.3, -0.25) is 5.41 Å². The van der Waals surface area contributed by atoms with Crippen molar-refractivity contribution in [3.05, 3.63) is 51.1 Å². The predicted molar refractivity (Wildman–Crippen MR) is 86.2 cm³/mol. The van der Waals surface area contributed by atoms with Crippen molar-refractivity contribution in [1.29, 1.82) is 5.41 Å². The van der Waals surface area contributed by atoms with Gasteiger partial charge in [0.1, 0.15) is 11.6 Å². The second-order valence-corrected chi connectivity index (χ2v) is 6.08. The molecule has 1 aliphatic rings. The Morgan fingerprint density at radius 1 is 1.33 bits per heavy atom. The van der Waals surface area contributed by atoms with Crippen LogP contribution in [0.15, 0.2) is 28.7 Å². The first-order valence-electron chi connectivity index (χ1n) is 6.86. The maximum absolute atomic E-state index is 7.73. The van der Waals surface area contributed by atoms with Gasteiger partial charge in [-0.15, -0.1) is 0 Å². The highest BCUT2D eigenvalue weighted by Crippen LogP contribution is 2.30. The maximum atomic E-state index is 7.73. The number of hydrogen-bond acceptors (Lipinski definition) is 3. The van der Waals surface area contributed by atoms with Crippen LogP contribution in [0.25, 0.3) is 0 Å². The molecule has 0 saturated heterocycles. The van der Waals surface area contributed by atoms with Crippen LogP contribution in [0.4, 0.5) is 0 Å². The molecule has 0 amide bonds. The molecule has 3 rings (SSSR count). The molecular formula is C16H16BrN3O. The van der Waals surface area contributed by atoms with Gasteiger partial charge in [0, 0.05) is 10.2 Å². The Morgan fingerprint density at radius 3 is 2.86 bits per heavy atom. The average molecular weight is 346 g/mol. The SMILES string of the molecule is Cc1cc(Oc2nc3c(cc2C(=N)N)CCC3)ccc1Br. The number of aryl methyl sites for hydroxylation is 3. The van der Waals surface area contributed by atoms with Crippen LogP contribution in [0, 0.1) is 12.3 Å². The number of nitrogens with zero attached hydrogens (tertiary/aromatic N) is 1. The first kappa shape index (κ1) is 14.1. The Labute approximate surface area is 132 Å². The number of rotatable bonds is 3. The highest BCUT2D eigenvalue weighted by molar-refractivity contribution is 9.10. The van der Waals surface area contributed by atoms with E-state index in [-0.39, 0.29) is 5.84 Å². The van der Waals surface area contributed by atoms with Gasteiger partial charge in [0.25, 0.3) is 0 Å². The van der Waals surface area contributed by atoms with E-state index in [0.717, 1.165) is 35.0 Å². The first-order valence-corrected chi connectivity index (χ1v) is 7.65. The van der Waals surface area contributed by atoms with Crippen molar-refractivity contribution in [2.24, 2.45) is 5.73 Å². The number of nitrogens with two attached hydrogens (primary N) is 1. The minimum Gasteiger partial charge on any atom is -0.438 e. The van der Waals surface area contributed by atoms with Crippen molar-refractivity contribution in [2.75, 3.05) is 0 Å². The standard InChI is InChI=1S/C16H16BrN3O/c1-9-7-11(5-6-13(9)17)21-16-12(15(18)19)8-10-3-2-4-14(10)20-16/h5-8H,2-4H2,1H3,(H3,18,19). The number of hydrogen-bond donors (Lipinski definition) is 2. The van der Waals surface area contributed by atoms with E-state index in [1.54, 1.807) is 0 Å². The largest absolute Gasteiger partial charge is 0.438 e. The quantitative estimate of drug-likeness (QED) is 0.657. The van der Waals surface area contributed by atoms with Crippen molar-refractivity contribution >= 4 is 21.8 Å². The van der Waals surface area contributed by atoms with Crippen LogP contribution in [0.2, 0.25) is 0 Å². The molecule has 3 N–H and O–H groups in total. The fourth-order valence-electron chi connectivity index (χ4n) is 2.52. The number of pyridine rings is 1. The second kappa shape index (κ2) is 5.48. The van der Waals surface area contributed by atoms with Gasteiger partial charge < -0.3 is 10.5 Å². The van der Waals surface area contributed by atoms with Gasteiger partial charge in [0.2, 0.25) is 5.88 Å². The molecule has 5 heteroatoms. The van der Waals surface area contributed by atoms with E-state index in [1.807, 2.05) is 31.2 Å². The monoisotopic (exact) mass is 345 g/mol. The van der Waals surface area contributed by atoms with Crippen LogP contribution >= 0.6 is 15.9 Å². The normalized spacial score (nSPS) is 13.0. The van der Waals surface area contributed by atoms with Gasteiger partial charge in [0.05, 0.1) is 5.56 Å². The van der Waals surface area contributed by atoms with Crippen LogP contribution in [0.1, 0.15) is 28.8 Å². The topological polar surface area (TPSA) is 72.0 Å². The zero-order valence-electron chi connectivity index (χ0n) is 11.7. The van der Waals surface area contributed by atoms with Gasteiger partial charge in [-0.1, -0.05) is 15.9 Å². The Kier molecular flexibility index (Phi) is 3.68. The third-order valence-corrected chi connectivity index (χ3v) is 4.54. The van der Waals surface area contributed by atoms with Crippen LogP contribution in [-0.4, -0.2) is 10.8 Å². The van der Waals surface area contributed by atoms with Crippen molar-refractivity contribution in [3.8, 4) is 11.6 Å². The Morgan fingerprint density at radius 2 is 2.14 bits per heavy atom. The van der Waals surface area contributed by atoms with E-state index >= 15 is 0 Å². The number of nitrogens with one attached hydrogen (secondary N) is 1. The Balaban J connectivity index is 2.01. The molecule has 1 aliphatic carbocycles. The van der Waals surface area contributed by atoms with Crippen molar-refractivity contribution < 1.29 is 4.74 Å². The lowest BCUT2D eigenvalue weighted by atomic mass is 10.1. The summed E-state index contributed by atoms with van der Waals surface area (Å²) < 4.78 is 6.91. The van der Waals surface area contributed by atoms with Crippen molar-refractivity contribution in [3.63, 3.8) is 0 Å². The van der Waals surface area contributed by atoms with Crippen LogP contribution in [-0.2, 0) is 12.8 Å². The summed E-state index contributed by atoms with van der Waals surface area (Å²) in [6.07, 6.45) is 3.06. The number of aromatic nitrogens is 1. The highest BCUT2D eigenvalue weighted by Gasteiger charge is 2.19. The summed E-state index contributed by atoms with van der Waals surface area (Å²) in [6, 6.07) is 7.68. The minimum absolute atomic E-state index is 0.0129. The molecule has 4 nitrogen and oxygen atoms in total. The third kappa shape index (κ3) is 2.78. The molecule has 108 valence electrons. The molecule has 0 saturated carbocycles. The molecule has 1 aromatic heterocycles. The Bertz CT molecular complexity index is 728. The summed E-state index contributed by atoms with van der Waals surface area (Å²) in [4.78, 5) is 4.57. The van der Waals surface area contributed by atoms with E-state index < -0.39 is 0 Å². The lowest BCUT2D eigenvalue weighted by Gasteiger charge is -2.12. The summed E-state index contributed by atoms with van der Waals surface area (Å²) in [7, 11) is 0. The van der Waals surface area contributed by atoms with Crippen molar-refractivity contribution in [1.82, 2.24) is 4.98 Å². The molecular weight excluding hydrogens is 330 g/mol. The Hall–Kier alpha value is -1.88. The molecule has 0 atom stereocenters. The van der Waals surface area contributed by atoms with E-state index in [9.17, 15) is 0 Å². The molecule has 0 bridgehead atoms. The molecule has 0 unspecified atom stereocenters. The number of nitrogen functional groups attached to an aromatic ring is 1. The number of ether oxygens (including phenoxy) is 1. The van der Waals surface area contributed by atoms with Crippen LogP contribution in [0.5, 0.6) is 11.6 Å². The zero-order chi connectivity index (χ0) is 15.0. The molecule has 0 spiro atoms. The zero-order valence-corrected chi connectivity index (χ0v) is 13.3. The van der Waals surface area contributed by atoms with E-state index in [0.29, 0.717) is 17.2 Å². The molecule has 2 aromatic rings. The van der Waals surface area contributed by atoms with Crippen molar-refractivity contribution in [2.45, 2.75) is 26.2 Å². The van der Waals surface area contributed by atoms with E-state index in [1.165, 1.54) is 5.56 Å². The van der Waals surface area contributed by atoms with Crippen LogP contribution < -0.4 is 10.5 Å². The van der Waals surface area contributed by atoms with Gasteiger partial charge >= 0.3 is 0 Å². The lowest BCUT2D eigenvalue weighted by Crippen LogP contribution is -2.14. The average Bonchev–Trinajstić information content (AvgIpc) is 2.89.